The molecule has 0 radical (unpaired) electrons. The van der Waals surface area contributed by atoms with E-state index in [0.29, 0.717) is 17.7 Å². The summed E-state index contributed by atoms with van der Waals surface area (Å²) in [7, 11) is 1.32. The van der Waals surface area contributed by atoms with E-state index < -0.39 is 12.0 Å². The van der Waals surface area contributed by atoms with Gasteiger partial charge in [-0.3, -0.25) is 9.69 Å². The van der Waals surface area contributed by atoms with Crippen LogP contribution in [0.4, 0.5) is 5.69 Å². The molecule has 0 aliphatic heterocycles. The Morgan fingerprint density at radius 1 is 1.00 bits per heavy atom. The molecule has 1 aromatic heterocycles. The zero-order chi connectivity index (χ0) is 20.8. The monoisotopic (exact) mass is 405 g/mol. The second-order valence-electron chi connectivity index (χ2n) is 6.65. The average Bonchev–Trinajstić information content (AvgIpc) is 3.27. The highest BCUT2D eigenvalue weighted by Gasteiger charge is 2.29. The van der Waals surface area contributed by atoms with Gasteiger partial charge >= 0.3 is 5.97 Å². The van der Waals surface area contributed by atoms with Gasteiger partial charge in [-0.05, 0) is 41.6 Å². The largest absolute Gasteiger partial charge is 0.467 e. The molecule has 0 bridgehead atoms. The number of carbonyl (C=O) groups is 2. The summed E-state index contributed by atoms with van der Waals surface area (Å²) in [6.45, 7) is 5.63. The highest BCUT2D eigenvalue weighted by atomic mass is 32.1. The molecule has 4 nitrogen and oxygen atoms in total. The molecular formula is C24H23NO3S. The van der Waals surface area contributed by atoms with Crippen molar-refractivity contribution in [1.29, 1.82) is 0 Å². The Morgan fingerprint density at radius 2 is 1.66 bits per heavy atom. The smallest absolute Gasteiger partial charge is 0.328 e. The zero-order valence-corrected chi connectivity index (χ0v) is 17.3. The molecule has 148 valence electrons. The van der Waals surface area contributed by atoms with Crippen molar-refractivity contribution in [1.82, 2.24) is 0 Å². The Morgan fingerprint density at radius 3 is 2.24 bits per heavy atom. The number of ether oxygens (including phenoxy) is 1. The predicted octanol–water partition coefficient (Wildman–Crippen LogP) is 5.11. The summed E-state index contributed by atoms with van der Waals surface area (Å²) in [4.78, 5) is 27.9. The van der Waals surface area contributed by atoms with E-state index in [1.807, 2.05) is 72.1 Å². The highest BCUT2D eigenvalue weighted by Crippen LogP contribution is 2.26. The lowest BCUT2D eigenvalue weighted by atomic mass is 10.0. The van der Waals surface area contributed by atoms with Crippen molar-refractivity contribution in [3.8, 4) is 11.1 Å². The van der Waals surface area contributed by atoms with Crippen molar-refractivity contribution >= 4 is 28.9 Å². The van der Waals surface area contributed by atoms with Crippen molar-refractivity contribution in [3.05, 3.63) is 89.1 Å². The van der Waals surface area contributed by atoms with Crippen LogP contribution in [0.3, 0.4) is 0 Å². The van der Waals surface area contributed by atoms with E-state index in [-0.39, 0.29) is 5.91 Å². The number of benzene rings is 2. The highest BCUT2D eigenvalue weighted by molar-refractivity contribution is 7.09. The topological polar surface area (TPSA) is 46.6 Å². The van der Waals surface area contributed by atoms with E-state index in [1.165, 1.54) is 12.0 Å². The van der Waals surface area contributed by atoms with Crippen molar-refractivity contribution in [2.75, 3.05) is 12.0 Å². The minimum Gasteiger partial charge on any atom is -0.467 e. The van der Waals surface area contributed by atoms with Crippen molar-refractivity contribution in [3.63, 3.8) is 0 Å². The second-order valence-corrected chi connectivity index (χ2v) is 7.68. The summed E-state index contributed by atoms with van der Waals surface area (Å²) in [5.41, 5.74) is 3.17. The lowest BCUT2D eigenvalue weighted by molar-refractivity contribution is -0.142. The molecule has 0 fully saturated rings. The average molecular weight is 406 g/mol. The maximum absolute atomic E-state index is 13.2. The Labute approximate surface area is 175 Å². The van der Waals surface area contributed by atoms with Gasteiger partial charge in [-0.1, -0.05) is 55.1 Å². The number of hydrogen-bond acceptors (Lipinski definition) is 4. The van der Waals surface area contributed by atoms with Crippen molar-refractivity contribution in [2.45, 2.75) is 19.4 Å². The van der Waals surface area contributed by atoms with Gasteiger partial charge in [0.15, 0.2) is 0 Å². The maximum Gasteiger partial charge on any atom is 0.328 e. The molecule has 0 spiro atoms. The van der Waals surface area contributed by atoms with Crippen LogP contribution in [0.15, 0.2) is 84.3 Å². The summed E-state index contributed by atoms with van der Waals surface area (Å²) in [5.74, 6) is -0.766. The molecule has 0 aliphatic carbocycles. The molecule has 1 atom stereocenters. The number of methoxy groups -OCH3 is 1. The van der Waals surface area contributed by atoms with Crippen LogP contribution in [0.2, 0.25) is 0 Å². The molecule has 3 aromatic rings. The van der Waals surface area contributed by atoms with Crippen molar-refractivity contribution in [2.24, 2.45) is 0 Å². The fourth-order valence-corrected chi connectivity index (χ4v) is 3.85. The number of rotatable bonds is 7. The molecule has 0 unspecified atom stereocenters. The summed E-state index contributed by atoms with van der Waals surface area (Å²) in [6.07, 6.45) is 0.447. The number of amides is 1. The minimum absolute atomic E-state index is 0.288. The van der Waals surface area contributed by atoms with Crippen molar-refractivity contribution < 1.29 is 14.3 Å². The molecular weight excluding hydrogens is 382 g/mol. The first-order valence-electron chi connectivity index (χ1n) is 9.28. The van der Waals surface area contributed by atoms with Gasteiger partial charge in [-0.2, -0.15) is 0 Å². The fraction of sp³-hybridized carbons (Fsp3) is 0.167. The van der Waals surface area contributed by atoms with E-state index in [2.05, 4.69) is 6.58 Å². The third-order valence-electron chi connectivity index (χ3n) is 4.67. The van der Waals surface area contributed by atoms with Gasteiger partial charge in [-0.15, -0.1) is 11.3 Å². The SMILES string of the molecule is C=C(Cc1cccs1)C(=O)N(c1ccc(-c2ccccc2)cc1)[C@@H](C)C(=O)OC. The number of anilines is 1. The molecule has 2 aromatic carbocycles. The number of hydrogen-bond donors (Lipinski definition) is 0. The Kier molecular flexibility index (Phi) is 6.62. The lowest BCUT2D eigenvalue weighted by Gasteiger charge is -2.28. The molecule has 0 saturated heterocycles. The maximum atomic E-state index is 13.2. The molecule has 1 heterocycles. The summed E-state index contributed by atoms with van der Waals surface area (Å²) < 4.78 is 4.88. The van der Waals surface area contributed by atoms with Gasteiger partial charge in [0.2, 0.25) is 0 Å². The second kappa shape index (κ2) is 9.34. The molecule has 29 heavy (non-hydrogen) atoms. The molecule has 0 aliphatic rings. The first-order chi connectivity index (χ1) is 14.0. The number of esters is 1. The zero-order valence-electron chi connectivity index (χ0n) is 16.5. The Balaban J connectivity index is 1.89. The van der Waals surface area contributed by atoms with Gasteiger partial charge in [0.25, 0.3) is 5.91 Å². The summed E-state index contributed by atoms with van der Waals surface area (Å²) >= 11 is 1.57. The molecule has 0 N–H and O–H groups in total. The van der Waals surface area contributed by atoms with E-state index in [0.717, 1.165) is 16.0 Å². The van der Waals surface area contributed by atoms with Gasteiger partial charge < -0.3 is 4.74 Å². The van der Waals surface area contributed by atoms with E-state index in [4.69, 9.17) is 4.74 Å². The number of carbonyl (C=O) groups excluding carboxylic acids is 2. The van der Waals surface area contributed by atoms with E-state index >= 15 is 0 Å². The normalized spacial score (nSPS) is 11.5. The predicted molar refractivity (Wildman–Crippen MR) is 118 cm³/mol. The summed E-state index contributed by atoms with van der Waals surface area (Å²) in [5, 5.41) is 1.96. The van der Waals surface area contributed by atoms with Gasteiger partial charge in [0, 0.05) is 22.6 Å². The lowest BCUT2D eigenvalue weighted by Crippen LogP contribution is -2.44. The third kappa shape index (κ3) is 4.81. The van der Waals surface area contributed by atoms with Crippen LogP contribution >= 0.6 is 11.3 Å². The van der Waals surface area contributed by atoms with Gasteiger partial charge in [-0.25, -0.2) is 4.79 Å². The first kappa shape index (κ1) is 20.6. The fourth-order valence-electron chi connectivity index (χ4n) is 3.11. The Hall–Kier alpha value is -3.18. The first-order valence-corrected chi connectivity index (χ1v) is 10.2. The van der Waals surface area contributed by atoms with Crippen LogP contribution in [0.1, 0.15) is 11.8 Å². The van der Waals surface area contributed by atoms with E-state index in [9.17, 15) is 9.59 Å². The molecule has 0 saturated carbocycles. The number of thiophene rings is 1. The number of nitrogens with zero attached hydrogens (tertiary/aromatic N) is 1. The van der Waals surface area contributed by atoms with Gasteiger partial charge in [0.05, 0.1) is 7.11 Å². The molecule has 1 amide bonds. The molecule has 5 heteroatoms. The standard InChI is InChI=1S/C24H23NO3S/c1-17(16-22-10-7-15-29-22)23(26)25(18(2)24(27)28-3)21-13-11-20(12-14-21)19-8-5-4-6-9-19/h4-15,18H,1,16H2,2-3H3/t18-/m0/s1. The van der Waals surface area contributed by atoms with Crippen LogP contribution < -0.4 is 4.90 Å². The molecule has 3 rings (SSSR count). The van der Waals surface area contributed by atoms with Crippen LogP contribution in [0.25, 0.3) is 11.1 Å². The Bertz CT molecular complexity index is 979. The van der Waals surface area contributed by atoms with Crippen LogP contribution in [0, 0.1) is 0 Å². The summed E-state index contributed by atoms with van der Waals surface area (Å²) in [6, 6.07) is 20.7. The quantitative estimate of drug-likeness (QED) is 0.405. The van der Waals surface area contributed by atoms with Crippen LogP contribution in [-0.2, 0) is 20.7 Å². The van der Waals surface area contributed by atoms with Crippen LogP contribution in [0.5, 0.6) is 0 Å². The third-order valence-corrected chi connectivity index (χ3v) is 5.55. The van der Waals surface area contributed by atoms with Crippen LogP contribution in [-0.4, -0.2) is 25.0 Å². The van der Waals surface area contributed by atoms with E-state index in [1.54, 1.807) is 18.3 Å². The minimum atomic E-state index is -0.768. The van der Waals surface area contributed by atoms with Gasteiger partial charge in [0.1, 0.15) is 6.04 Å².